The number of aryl methyl sites for hydroxylation is 1. The Bertz CT molecular complexity index is 1160. The molecule has 1 aromatic heterocycles. The average molecular weight is 420 g/mol. The third-order valence-corrected chi connectivity index (χ3v) is 4.87. The Labute approximate surface area is 177 Å². The van der Waals surface area contributed by atoms with Crippen LogP contribution < -0.4 is 20.5 Å². The van der Waals surface area contributed by atoms with Crippen LogP contribution in [-0.2, 0) is 23.1 Å². The molecule has 2 amide bonds. The summed E-state index contributed by atoms with van der Waals surface area (Å²) in [5, 5.41) is 7.02. The number of Topliss-reactive ketones (excluding diaryl/α,β-unsaturated/α-hetero) is 1. The number of primary amides is 1. The number of nitrogens with two attached hydrogens (primary N) is 1. The number of ether oxygens (including phenoxy) is 2. The van der Waals surface area contributed by atoms with Crippen LogP contribution in [0.15, 0.2) is 54.7 Å². The molecule has 9 heteroatoms. The Kier molecular flexibility index (Phi) is 5.40. The molecule has 2 heterocycles. The van der Waals surface area contributed by atoms with E-state index < -0.39 is 23.6 Å². The molecule has 158 valence electrons. The molecule has 31 heavy (non-hydrogen) atoms. The summed E-state index contributed by atoms with van der Waals surface area (Å²) in [6.07, 6.45) is 1.68. The zero-order valence-corrected chi connectivity index (χ0v) is 16.7. The highest BCUT2D eigenvalue weighted by Gasteiger charge is 2.28. The molecular formula is C22H20N4O5. The molecule has 0 spiro atoms. The van der Waals surface area contributed by atoms with E-state index >= 15 is 0 Å². The van der Waals surface area contributed by atoms with Gasteiger partial charge in [-0.3, -0.25) is 19.1 Å². The Balaban J connectivity index is 1.62. The van der Waals surface area contributed by atoms with Gasteiger partial charge < -0.3 is 20.5 Å². The molecule has 1 aliphatic rings. The van der Waals surface area contributed by atoms with E-state index in [4.69, 9.17) is 15.2 Å². The Morgan fingerprint density at radius 1 is 1.13 bits per heavy atom. The summed E-state index contributed by atoms with van der Waals surface area (Å²) >= 11 is 0. The van der Waals surface area contributed by atoms with Crippen LogP contribution >= 0.6 is 0 Å². The first-order valence-corrected chi connectivity index (χ1v) is 9.54. The van der Waals surface area contributed by atoms with Crippen molar-refractivity contribution in [3.63, 3.8) is 0 Å². The van der Waals surface area contributed by atoms with Crippen molar-refractivity contribution in [3.8, 4) is 22.8 Å². The van der Waals surface area contributed by atoms with E-state index in [9.17, 15) is 14.4 Å². The predicted octanol–water partition coefficient (Wildman–Crippen LogP) is 1.21. The Hall–Kier alpha value is -4.14. The van der Waals surface area contributed by atoms with Crippen molar-refractivity contribution in [1.29, 1.82) is 0 Å². The number of amides is 2. The number of hydrogen-bond acceptors (Lipinski definition) is 6. The molecule has 0 aliphatic carbocycles. The third-order valence-electron chi connectivity index (χ3n) is 4.87. The van der Waals surface area contributed by atoms with Crippen LogP contribution in [0.25, 0.3) is 11.3 Å². The van der Waals surface area contributed by atoms with Crippen LogP contribution in [0.5, 0.6) is 11.5 Å². The molecule has 1 unspecified atom stereocenters. The zero-order chi connectivity index (χ0) is 22.0. The van der Waals surface area contributed by atoms with Crippen molar-refractivity contribution >= 4 is 17.6 Å². The van der Waals surface area contributed by atoms with Crippen molar-refractivity contribution in [3.05, 3.63) is 65.9 Å². The van der Waals surface area contributed by atoms with Gasteiger partial charge in [0.25, 0.3) is 11.8 Å². The second kappa shape index (κ2) is 8.31. The lowest BCUT2D eigenvalue weighted by Gasteiger charge is -2.16. The molecule has 2 aromatic carbocycles. The molecule has 0 radical (unpaired) electrons. The van der Waals surface area contributed by atoms with Gasteiger partial charge in [0, 0.05) is 25.2 Å². The number of benzene rings is 2. The first kappa shape index (κ1) is 20.1. The van der Waals surface area contributed by atoms with E-state index in [1.165, 1.54) is 4.68 Å². The zero-order valence-electron chi connectivity index (χ0n) is 16.7. The molecule has 0 saturated carbocycles. The molecule has 4 rings (SSSR count). The quantitative estimate of drug-likeness (QED) is 0.554. The maximum atomic E-state index is 13.1. The standard InChI is InChI=1S/C22H20N4O5/c1-26-11-15(19(25-26)14-7-8-17-18(10-14)31-12-30-17)22(29)24-16(20(27)21(23)28)9-13-5-3-2-4-6-13/h2-8,10-11,16H,9,12H2,1H3,(H2,23,28)(H,24,29). The largest absolute Gasteiger partial charge is 0.454 e. The van der Waals surface area contributed by atoms with E-state index in [-0.39, 0.29) is 18.8 Å². The Morgan fingerprint density at radius 3 is 2.61 bits per heavy atom. The van der Waals surface area contributed by atoms with Crippen LogP contribution in [-0.4, -0.2) is 40.2 Å². The fourth-order valence-corrected chi connectivity index (χ4v) is 3.38. The number of aromatic nitrogens is 2. The van der Waals surface area contributed by atoms with E-state index in [0.29, 0.717) is 22.8 Å². The highest BCUT2D eigenvalue weighted by Crippen LogP contribution is 2.36. The van der Waals surface area contributed by atoms with E-state index in [2.05, 4.69) is 10.4 Å². The van der Waals surface area contributed by atoms with E-state index in [0.717, 1.165) is 5.56 Å². The molecule has 1 aliphatic heterocycles. The van der Waals surface area contributed by atoms with Crippen LogP contribution in [0.4, 0.5) is 0 Å². The summed E-state index contributed by atoms with van der Waals surface area (Å²) in [5.41, 5.74) is 7.28. The first-order valence-electron chi connectivity index (χ1n) is 9.54. The first-order chi connectivity index (χ1) is 14.9. The summed E-state index contributed by atoms with van der Waals surface area (Å²) in [5.74, 6) is -1.36. The van der Waals surface area contributed by atoms with Gasteiger partial charge in [0.05, 0.1) is 5.56 Å². The lowest BCUT2D eigenvalue weighted by molar-refractivity contribution is -0.137. The smallest absolute Gasteiger partial charge is 0.287 e. The van der Waals surface area contributed by atoms with Crippen LogP contribution in [0.3, 0.4) is 0 Å². The van der Waals surface area contributed by atoms with Crippen LogP contribution in [0, 0.1) is 0 Å². The van der Waals surface area contributed by atoms with Crippen molar-refractivity contribution in [2.45, 2.75) is 12.5 Å². The fraction of sp³-hybridized carbons (Fsp3) is 0.182. The Morgan fingerprint density at radius 2 is 1.87 bits per heavy atom. The highest BCUT2D eigenvalue weighted by atomic mass is 16.7. The van der Waals surface area contributed by atoms with Gasteiger partial charge in [-0.2, -0.15) is 5.10 Å². The van der Waals surface area contributed by atoms with Gasteiger partial charge in [-0.25, -0.2) is 0 Å². The minimum Gasteiger partial charge on any atom is -0.454 e. The summed E-state index contributed by atoms with van der Waals surface area (Å²) in [4.78, 5) is 37.0. The molecule has 9 nitrogen and oxygen atoms in total. The lowest BCUT2D eigenvalue weighted by atomic mass is 10.0. The number of hydrogen-bond donors (Lipinski definition) is 2. The van der Waals surface area contributed by atoms with Crippen molar-refractivity contribution in [2.75, 3.05) is 6.79 Å². The maximum absolute atomic E-state index is 13.1. The number of fused-ring (bicyclic) bond motifs is 1. The number of carbonyl (C=O) groups is 3. The number of rotatable bonds is 7. The minimum atomic E-state index is -1.11. The van der Waals surface area contributed by atoms with Gasteiger partial charge in [-0.05, 0) is 23.8 Å². The highest BCUT2D eigenvalue weighted by molar-refractivity contribution is 6.38. The topological polar surface area (TPSA) is 126 Å². The second-order valence-electron chi connectivity index (χ2n) is 7.08. The molecule has 3 aromatic rings. The second-order valence-corrected chi connectivity index (χ2v) is 7.08. The van der Waals surface area contributed by atoms with Gasteiger partial charge in [0.15, 0.2) is 11.5 Å². The van der Waals surface area contributed by atoms with Gasteiger partial charge in [-0.15, -0.1) is 0 Å². The molecule has 0 saturated heterocycles. The molecule has 3 N–H and O–H groups in total. The third kappa shape index (κ3) is 4.25. The number of carbonyl (C=O) groups excluding carboxylic acids is 3. The maximum Gasteiger partial charge on any atom is 0.287 e. The van der Waals surface area contributed by atoms with Crippen molar-refractivity contribution in [1.82, 2.24) is 15.1 Å². The monoisotopic (exact) mass is 420 g/mol. The van der Waals surface area contributed by atoms with Gasteiger partial charge in [0.1, 0.15) is 11.7 Å². The fourth-order valence-electron chi connectivity index (χ4n) is 3.38. The van der Waals surface area contributed by atoms with Crippen molar-refractivity contribution in [2.24, 2.45) is 12.8 Å². The van der Waals surface area contributed by atoms with Crippen LogP contribution in [0.2, 0.25) is 0 Å². The lowest BCUT2D eigenvalue weighted by Crippen LogP contribution is -2.47. The number of ketones is 1. The van der Waals surface area contributed by atoms with Crippen molar-refractivity contribution < 1.29 is 23.9 Å². The molecule has 0 fully saturated rings. The normalized spacial score (nSPS) is 12.9. The summed E-state index contributed by atoms with van der Waals surface area (Å²) in [6, 6.07) is 13.2. The van der Waals surface area contributed by atoms with E-state index in [1.807, 2.05) is 18.2 Å². The van der Waals surface area contributed by atoms with Gasteiger partial charge >= 0.3 is 0 Å². The van der Waals surface area contributed by atoms with Gasteiger partial charge in [-0.1, -0.05) is 30.3 Å². The van der Waals surface area contributed by atoms with Gasteiger partial charge in [0.2, 0.25) is 12.6 Å². The minimum absolute atomic E-state index is 0.130. The molecule has 0 bridgehead atoms. The summed E-state index contributed by atoms with van der Waals surface area (Å²) in [6.45, 7) is 0.130. The number of nitrogens with one attached hydrogen (secondary N) is 1. The molecular weight excluding hydrogens is 400 g/mol. The van der Waals surface area contributed by atoms with E-state index in [1.54, 1.807) is 43.6 Å². The summed E-state index contributed by atoms with van der Waals surface area (Å²) in [7, 11) is 1.68. The number of nitrogens with zero attached hydrogens (tertiary/aromatic N) is 2. The predicted molar refractivity (Wildman–Crippen MR) is 110 cm³/mol. The summed E-state index contributed by atoms with van der Waals surface area (Å²) < 4.78 is 12.2. The molecule has 1 atom stereocenters. The average Bonchev–Trinajstić information content (AvgIpc) is 3.39. The SMILES string of the molecule is Cn1cc(C(=O)NC(Cc2ccccc2)C(=O)C(N)=O)c(-c2ccc3c(c2)OCO3)n1. The van der Waals surface area contributed by atoms with Crippen LogP contribution in [0.1, 0.15) is 15.9 Å².